The van der Waals surface area contributed by atoms with E-state index in [4.69, 9.17) is 0 Å². The van der Waals surface area contributed by atoms with E-state index in [1.54, 1.807) is 0 Å². The molecule has 13 heteroatoms. The minimum atomic E-state index is -7.35. The van der Waals surface area contributed by atoms with Crippen LogP contribution in [0.15, 0.2) is 0 Å². The number of Topliss-reactive ketones (excluding diaryl/α,β-unsaturated/α-hetero) is 1. The SMILES string of the molecule is CC(F)(C(F)F)C(F)(C(=O)C(F)(F)F)C(F)(F)C(F)(F)F. The van der Waals surface area contributed by atoms with Crippen LogP contribution in [0.2, 0.25) is 0 Å². The number of halogens is 12. The third-order valence-electron chi connectivity index (χ3n) is 2.44. The van der Waals surface area contributed by atoms with Crippen molar-refractivity contribution < 1.29 is 57.5 Å². The molecule has 0 fully saturated rings. The number of hydrogen-bond donors (Lipinski definition) is 0. The largest absolute Gasteiger partial charge is 0.457 e. The number of alkyl halides is 12. The van der Waals surface area contributed by atoms with Crippen LogP contribution in [0.4, 0.5) is 52.7 Å². The van der Waals surface area contributed by atoms with Gasteiger partial charge in [-0.05, 0) is 6.92 Å². The van der Waals surface area contributed by atoms with E-state index in [1.165, 1.54) is 0 Å². The van der Waals surface area contributed by atoms with Crippen molar-refractivity contribution in [2.75, 3.05) is 0 Å². The summed E-state index contributed by atoms with van der Waals surface area (Å²) in [4.78, 5) is 10.5. The maximum absolute atomic E-state index is 13.6. The molecule has 0 aromatic carbocycles. The number of rotatable bonds is 4. The van der Waals surface area contributed by atoms with E-state index in [1.807, 2.05) is 0 Å². The molecule has 2 atom stereocenters. The van der Waals surface area contributed by atoms with Gasteiger partial charge >= 0.3 is 18.3 Å². The van der Waals surface area contributed by atoms with E-state index in [-0.39, 0.29) is 0 Å². The second-order valence-electron chi connectivity index (χ2n) is 3.93. The molecule has 0 rings (SSSR count). The summed E-state index contributed by atoms with van der Waals surface area (Å²) in [5.41, 5.74) is -12.7. The Labute approximate surface area is 107 Å². The summed E-state index contributed by atoms with van der Waals surface area (Å²) in [5.74, 6) is -12.0. The fourth-order valence-electron chi connectivity index (χ4n) is 1.21. The first-order valence-corrected chi connectivity index (χ1v) is 4.57. The first-order valence-electron chi connectivity index (χ1n) is 4.57. The molecule has 0 heterocycles. The van der Waals surface area contributed by atoms with Gasteiger partial charge in [0.2, 0.25) is 5.67 Å². The summed E-state index contributed by atoms with van der Waals surface area (Å²) in [6.07, 6.45) is -19.1. The van der Waals surface area contributed by atoms with Crippen LogP contribution < -0.4 is 0 Å². The predicted molar refractivity (Wildman–Crippen MR) is 41.4 cm³/mol. The van der Waals surface area contributed by atoms with Crippen molar-refractivity contribution in [1.82, 2.24) is 0 Å². The predicted octanol–water partition coefficient (Wildman–Crippen LogP) is 4.02. The highest BCUT2D eigenvalue weighted by atomic mass is 19.4. The number of carbonyl (C=O) groups is 1. The van der Waals surface area contributed by atoms with Gasteiger partial charge in [0.15, 0.2) is 0 Å². The summed E-state index contributed by atoms with van der Waals surface area (Å²) in [5, 5.41) is 0. The van der Waals surface area contributed by atoms with Crippen LogP contribution >= 0.6 is 0 Å². The van der Waals surface area contributed by atoms with Gasteiger partial charge in [-0.1, -0.05) is 0 Å². The molecule has 126 valence electrons. The zero-order valence-corrected chi connectivity index (χ0v) is 9.52. The number of ketones is 1. The topological polar surface area (TPSA) is 17.1 Å². The highest BCUT2D eigenvalue weighted by Gasteiger charge is 2.85. The first-order chi connectivity index (χ1) is 8.85. The molecule has 0 aliphatic rings. The van der Waals surface area contributed by atoms with Gasteiger partial charge in [-0.3, -0.25) is 4.79 Å². The standard InChI is InChI=1S/C8H4F12O/c1-4(11,3(9)10)5(12,2(21)6(13,14)15)7(16,17)8(18,19)20/h3H,1H3. The molecule has 0 spiro atoms. The molecule has 0 radical (unpaired) electrons. The zero-order valence-electron chi connectivity index (χ0n) is 9.52. The summed E-state index contributed by atoms with van der Waals surface area (Å²) in [7, 11) is 0. The van der Waals surface area contributed by atoms with Crippen molar-refractivity contribution >= 4 is 5.78 Å². The van der Waals surface area contributed by atoms with E-state index < -0.39 is 48.7 Å². The maximum Gasteiger partial charge on any atom is 0.457 e. The van der Waals surface area contributed by atoms with E-state index in [0.29, 0.717) is 0 Å². The molecule has 0 saturated heterocycles. The molecule has 0 aromatic rings. The van der Waals surface area contributed by atoms with Gasteiger partial charge in [-0.15, -0.1) is 0 Å². The second kappa shape index (κ2) is 4.93. The van der Waals surface area contributed by atoms with Crippen LogP contribution in [0.25, 0.3) is 0 Å². The third kappa shape index (κ3) is 2.78. The molecule has 1 nitrogen and oxygen atoms in total. The Bertz CT molecular complexity index is 404. The van der Waals surface area contributed by atoms with Gasteiger partial charge in [-0.2, -0.15) is 35.1 Å². The molecule has 0 saturated carbocycles. The van der Waals surface area contributed by atoms with E-state index >= 15 is 0 Å². The van der Waals surface area contributed by atoms with Crippen molar-refractivity contribution in [3.8, 4) is 0 Å². The molecule has 0 aliphatic heterocycles. The zero-order chi connectivity index (χ0) is 17.7. The Morgan fingerprint density at radius 1 is 0.810 bits per heavy atom. The molecular formula is C8H4F12O. The average Bonchev–Trinajstić information content (AvgIpc) is 2.23. The Morgan fingerprint density at radius 3 is 1.33 bits per heavy atom. The van der Waals surface area contributed by atoms with Crippen molar-refractivity contribution in [1.29, 1.82) is 0 Å². The lowest BCUT2D eigenvalue weighted by Crippen LogP contribution is -2.72. The van der Waals surface area contributed by atoms with Gasteiger partial charge in [0, 0.05) is 0 Å². The molecule has 0 N–H and O–H groups in total. The highest BCUT2D eigenvalue weighted by molar-refractivity contribution is 5.94. The Balaban J connectivity index is 6.52. The highest BCUT2D eigenvalue weighted by Crippen LogP contribution is 2.55. The van der Waals surface area contributed by atoms with Crippen LogP contribution in [0.1, 0.15) is 6.92 Å². The number of hydrogen-bond acceptors (Lipinski definition) is 1. The van der Waals surface area contributed by atoms with Gasteiger partial charge in [0.1, 0.15) is 0 Å². The van der Waals surface area contributed by atoms with E-state index in [2.05, 4.69) is 0 Å². The molecule has 0 aromatic heterocycles. The fraction of sp³-hybridized carbons (Fsp3) is 0.875. The minimum absolute atomic E-state index is 0.999. The van der Waals surface area contributed by atoms with Crippen LogP contribution in [-0.2, 0) is 4.79 Å². The van der Waals surface area contributed by atoms with Crippen LogP contribution in [0, 0.1) is 0 Å². The lowest BCUT2D eigenvalue weighted by molar-refractivity contribution is -0.348. The quantitative estimate of drug-likeness (QED) is 0.704. The van der Waals surface area contributed by atoms with Crippen molar-refractivity contribution in [3.63, 3.8) is 0 Å². The normalized spacial score (nSPS) is 20.1. The van der Waals surface area contributed by atoms with Crippen molar-refractivity contribution in [2.24, 2.45) is 0 Å². The smallest absolute Gasteiger partial charge is 0.285 e. The molecular weight excluding hydrogens is 340 g/mol. The van der Waals surface area contributed by atoms with E-state index in [9.17, 15) is 57.5 Å². The molecule has 0 aliphatic carbocycles. The lowest BCUT2D eigenvalue weighted by atomic mass is 9.78. The summed E-state index contributed by atoms with van der Waals surface area (Å²) >= 11 is 0. The van der Waals surface area contributed by atoms with Gasteiger partial charge in [0.05, 0.1) is 0 Å². The van der Waals surface area contributed by atoms with Crippen molar-refractivity contribution in [3.05, 3.63) is 0 Å². The van der Waals surface area contributed by atoms with E-state index in [0.717, 1.165) is 0 Å². The third-order valence-corrected chi connectivity index (χ3v) is 2.44. The lowest BCUT2D eigenvalue weighted by Gasteiger charge is -2.40. The number of carbonyl (C=O) groups excluding carboxylic acids is 1. The van der Waals surface area contributed by atoms with Crippen LogP contribution in [0.5, 0.6) is 0 Å². The summed E-state index contributed by atoms with van der Waals surface area (Å²) in [6.45, 7) is -0.999. The minimum Gasteiger partial charge on any atom is -0.285 e. The fourth-order valence-corrected chi connectivity index (χ4v) is 1.21. The Morgan fingerprint density at radius 2 is 1.14 bits per heavy atom. The van der Waals surface area contributed by atoms with Gasteiger partial charge in [0.25, 0.3) is 17.9 Å². The van der Waals surface area contributed by atoms with Crippen molar-refractivity contribution in [2.45, 2.75) is 43.0 Å². The monoisotopic (exact) mass is 344 g/mol. The Hall–Kier alpha value is -1.17. The Kier molecular flexibility index (Phi) is 4.66. The molecule has 2 unspecified atom stereocenters. The molecule has 21 heavy (non-hydrogen) atoms. The maximum atomic E-state index is 13.6. The van der Waals surface area contributed by atoms with Crippen LogP contribution in [-0.4, -0.2) is 41.8 Å². The molecule has 0 bridgehead atoms. The summed E-state index contributed by atoms with van der Waals surface area (Å²) in [6, 6.07) is 0. The second-order valence-corrected chi connectivity index (χ2v) is 3.93. The average molecular weight is 344 g/mol. The van der Waals surface area contributed by atoms with Gasteiger partial charge < -0.3 is 0 Å². The van der Waals surface area contributed by atoms with Crippen LogP contribution in [0.3, 0.4) is 0 Å². The van der Waals surface area contributed by atoms with Gasteiger partial charge in [-0.25, -0.2) is 17.6 Å². The summed E-state index contributed by atoms with van der Waals surface area (Å²) < 4.78 is 148. The first kappa shape index (κ1) is 19.8. The molecule has 0 amide bonds.